The van der Waals surface area contributed by atoms with Crippen molar-refractivity contribution >= 4 is 34.2 Å². The average Bonchev–Trinajstić information content (AvgIpc) is 2.70. The summed E-state index contributed by atoms with van der Waals surface area (Å²) in [6, 6.07) is 8.17. The van der Waals surface area contributed by atoms with Gasteiger partial charge in [0, 0.05) is 24.0 Å². The molecular weight excluding hydrogens is 386 g/mol. The van der Waals surface area contributed by atoms with Crippen LogP contribution in [0.25, 0.3) is 0 Å². The van der Waals surface area contributed by atoms with Gasteiger partial charge in [-0.05, 0) is 50.8 Å². The van der Waals surface area contributed by atoms with Crippen LogP contribution in [-0.2, 0) is 15.6 Å². The molecular formula is C21H27N5O2S. The van der Waals surface area contributed by atoms with Gasteiger partial charge in [-0.1, -0.05) is 24.3 Å². The average molecular weight is 414 g/mol. The Balaban J connectivity index is 1.75. The van der Waals surface area contributed by atoms with E-state index in [0.29, 0.717) is 16.7 Å². The van der Waals surface area contributed by atoms with Gasteiger partial charge >= 0.3 is 0 Å². The first kappa shape index (κ1) is 21.0. The van der Waals surface area contributed by atoms with Crippen LogP contribution in [0.15, 0.2) is 48.0 Å². The summed E-state index contributed by atoms with van der Waals surface area (Å²) in [4.78, 5) is 21.1. The maximum atomic E-state index is 12.2. The van der Waals surface area contributed by atoms with E-state index in [4.69, 9.17) is 0 Å². The summed E-state index contributed by atoms with van der Waals surface area (Å²) in [7, 11) is -1.22. The molecule has 0 saturated heterocycles. The van der Waals surface area contributed by atoms with E-state index in [1.54, 1.807) is 12.5 Å². The Morgan fingerprint density at radius 3 is 2.66 bits per heavy atom. The molecule has 154 valence electrons. The second kappa shape index (κ2) is 9.65. The molecule has 1 heterocycles. The molecule has 1 aliphatic rings. The second-order valence-corrected chi connectivity index (χ2v) is 8.62. The fourth-order valence-electron chi connectivity index (χ4n) is 3.42. The number of hydrogen-bond acceptors (Lipinski definition) is 6. The Morgan fingerprint density at radius 2 is 1.97 bits per heavy atom. The topological polar surface area (TPSA) is 96.0 Å². The molecule has 1 aromatic carbocycles. The maximum absolute atomic E-state index is 12.2. The molecule has 0 spiro atoms. The number of nitrogens with zero attached hydrogens (tertiary/aromatic N) is 2. The molecule has 29 heavy (non-hydrogen) atoms. The molecule has 8 heteroatoms. The number of aromatic nitrogens is 2. The molecule has 3 atom stereocenters. The van der Waals surface area contributed by atoms with Crippen LogP contribution in [-0.4, -0.2) is 38.4 Å². The number of amides is 1. The highest BCUT2D eigenvalue weighted by Gasteiger charge is 2.24. The van der Waals surface area contributed by atoms with Crippen molar-refractivity contribution < 1.29 is 9.00 Å². The zero-order chi connectivity index (χ0) is 20.8. The van der Waals surface area contributed by atoms with Crippen LogP contribution in [0.4, 0.5) is 17.5 Å². The highest BCUT2D eigenvalue weighted by Crippen LogP contribution is 2.26. The predicted octanol–water partition coefficient (Wildman–Crippen LogP) is 3.29. The smallest absolute Gasteiger partial charge is 0.243 e. The van der Waals surface area contributed by atoms with Crippen molar-refractivity contribution in [2.45, 2.75) is 49.6 Å². The molecule has 0 aliphatic heterocycles. The number of hydrogen-bond donors (Lipinski definition) is 3. The highest BCUT2D eigenvalue weighted by molar-refractivity contribution is 7.84. The van der Waals surface area contributed by atoms with Crippen molar-refractivity contribution in [1.82, 2.24) is 15.3 Å². The van der Waals surface area contributed by atoms with Crippen LogP contribution in [0.3, 0.4) is 0 Å². The Labute approximate surface area is 173 Å². The molecule has 3 rings (SSSR count). The van der Waals surface area contributed by atoms with Crippen LogP contribution in [0.5, 0.6) is 0 Å². The lowest BCUT2D eigenvalue weighted by atomic mass is 9.91. The SMILES string of the molecule is C=CC(=O)NC1CCCC(Nc2nc(Nc3ccc(C)cc3)ncc2S(C)=O)C1. The lowest BCUT2D eigenvalue weighted by Gasteiger charge is -2.30. The minimum atomic E-state index is -1.22. The molecule has 2 aromatic rings. The number of carbonyl (C=O) groups is 1. The Kier molecular flexibility index (Phi) is 6.98. The number of benzene rings is 1. The third kappa shape index (κ3) is 5.87. The van der Waals surface area contributed by atoms with Crippen molar-refractivity contribution in [3.05, 3.63) is 48.7 Å². The van der Waals surface area contributed by atoms with E-state index in [1.807, 2.05) is 31.2 Å². The van der Waals surface area contributed by atoms with E-state index in [2.05, 4.69) is 32.5 Å². The van der Waals surface area contributed by atoms with E-state index >= 15 is 0 Å². The normalized spacial score (nSPS) is 19.8. The third-order valence-corrected chi connectivity index (χ3v) is 5.84. The standard InChI is InChI=1S/C21H27N5O2S/c1-4-19(27)23-16-6-5-7-17(12-16)24-20-18(29(3)28)13-22-21(26-20)25-15-10-8-14(2)9-11-15/h4,8-11,13,16-17H,1,5-7,12H2,2-3H3,(H,23,27)(H2,22,24,25,26). The maximum Gasteiger partial charge on any atom is 0.243 e. The lowest BCUT2D eigenvalue weighted by molar-refractivity contribution is -0.117. The van der Waals surface area contributed by atoms with Crippen molar-refractivity contribution in [3.63, 3.8) is 0 Å². The van der Waals surface area contributed by atoms with Gasteiger partial charge < -0.3 is 16.0 Å². The van der Waals surface area contributed by atoms with Crippen molar-refractivity contribution in [3.8, 4) is 0 Å². The lowest BCUT2D eigenvalue weighted by Crippen LogP contribution is -2.41. The monoisotopic (exact) mass is 413 g/mol. The summed E-state index contributed by atoms with van der Waals surface area (Å²) in [5.74, 6) is 0.853. The van der Waals surface area contributed by atoms with Gasteiger partial charge in [0.05, 0.1) is 21.9 Å². The summed E-state index contributed by atoms with van der Waals surface area (Å²) >= 11 is 0. The number of carbonyl (C=O) groups excluding carboxylic acids is 1. The molecule has 1 amide bonds. The van der Waals surface area contributed by atoms with Gasteiger partial charge in [0.2, 0.25) is 11.9 Å². The van der Waals surface area contributed by atoms with Gasteiger partial charge in [-0.3, -0.25) is 9.00 Å². The molecule has 0 bridgehead atoms. The fourth-order valence-corrected chi connectivity index (χ4v) is 3.99. The minimum absolute atomic E-state index is 0.0920. The second-order valence-electron chi connectivity index (χ2n) is 7.27. The molecule has 1 aromatic heterocycles. The summed E-state index contributed by atoms with van der Waals surface area (Å²) in [6.07, 6.45) is 8.18. The Morgan fingerprint density at radius 1 is 1.24 bits per heavy atom. The number of nitrogens with one attached hydrogen (secondary N) is 3. The molecule has 7 nitrogen and oxygen atoms in total. The van der Waals surface area contributed by atoms with Gasteiger partial charge in [0.15, 0.2) is 0 Å². The Hall–Kier alpha value is -2.74. The molecule has 0 radical (unpaired) electrons. The van der Waals surface area contributed by atoms with Gasteiger partial charge in [0.25, 0.3) is 0 Å². The van der Waals surface area contributed by atoms with Crippen molar-refractivity contribution in [2.75, 3.05) is 16.9 Å². The first-order chi connectivity index (χ1) is 13.9. The van der Waals surface area contributed by atoms with E-state index in [0.717, 1.165) is 31.4 Å². The van der Waals surface area contributed by atoms with Gasteiger partial charge in [-0.2, -0.15) is 4.98 Å². The van der Waals surface area contributed by atoms with Crippen LogP contribution in [0.2, 0.25) is 0 Å². The Bertz CT molecular complexity index is 900. The van der Waals surface area contributed by atoms with Crippen LogP contribution in [0.1, 0.15) is 31.2 Å². The molecule has 1 saturated carbocycles. The molecule has 1 fully saturated rings. The predicted molar refractivity (Wildman–Crippen MR) is 117 cm³/mol. The fraction of sp³-hybridized carbons (Fsp3) is 0.381. The van der Waals surface area contributed by atoms with E-state index in [9.17, 15) is 9.00 Å². The number of rotatable bonds is 7. The first-order valence-electron chi connectivity index (χ1n) is 9.68. The van der Waals surface area contributed by atoms with E-state index in [-0.39, 0.29) is 18.0 Å². The van der Waals surface area contributed by atoms with Gasteiger partial charge in [-0.15, -0.1) is 0 Å². The summed E-state index contributed by atoms with van der Waals surface area (Å²) in [5.41, 5.74) is 2.06. The van der Waals surface area contributed by atoms with Crippen molar-refractivity contribution in [1.29, 1.82) is 0 Å². The summed E-state index contributed by atoms with van der Waals surface area (Å²) in [5, 5.41) is 9.58. The quantitative estimate of drug-likeness (QED) is 0.603. The molecule has 3 N–H and O–H groups in total. The van der Waals surface area contributed by atoms with Gasteiger partial charge in [-0.25, -0.2) is 4.98 Å². The largest absolute Gasteiger partial charge is 0.366 e. The van der Waals surface area contributed by atoms with Crippen LogP contribution in [0, 0.1) is 6.92 Å². The minimum Gasteiger partial charge on any atom is -0.366 e. The van der Waals surface area contributed by atoms with Crippen LogP contribution < -0.4 is 16.0 Å². The molecule has 3 unspecified atom stereocenters. The first-order valence-corrected chi connectivity index (χ1v) is 11.2. The zero-order valence-corrected chi connectivity index (χ0v) is 17.6. The van der Waals surface area contributed by atoms with Crippen molar-refractivity contribution in [2.24, 2.45) is 0 Å². The molecule has 1 aliphatic carbocycles. The highest BCUT2D eigenvalue weighted by atomic mass is 32.2. The van der Waals surface area contributed by atoms with Gasteiger partial charge in [0.1, 0.15) is 5.82 Å². The summed E-state index contributed by atoms with van der Waals surface area (Å²) < 4.78 is 12.2. The third-order valence-electron chi connectivity index (χ3n) is 4.92. The zero-order valence-electron chi connectivity index (χ0n) is 16.8. The number of aryl methyl sites for hydroxylation is 1. The van der Waals surface area contributed by atoms with E-state index < -0.39 is 10.8 Å². The van der Waals surface area contributed by atoms with Crippen LogP contribution >= 0.6 is 0 Å². The number of anilines is 3. The van der Waals surface area contributed by atoms with E-state index in [1.165, 1.54) is 11.6 Å². The summed E-state index contributed by atoms with van der Waals surface area (Å²) in [6.45, 7) is 5.54.